The van der Waals surface area contributed by atoms with Crippen LogP contribution in [-0.4, -0.2) is 63.1 Å². The van der Waals surface area contributed by atoms with Crippen molar-refractivity contribution >= 4 is 21.6 Å². The number of likely N-dealkylation sites (tertiary alicyclic amines) is 1. The zero-order chi connectivity index (χ0) is 15.9. The van der Waals surface area contributed by atoms with E-state index in [2.05, 4.69) is 4.90 Å². The Kier molecular flexibility index (Phi) is 4.44. The first-order valence-corrected chi connectivity index (χ1v) is 8.99. The van der Waals surface area contributed by atoms with Crippen molar-refractivity contribution in [1.82, 2.24) is 9.21 Å². The number of fused-ring (bicyclic) bond motifs is 1. The third kappa shape index (κ3) is 2.76. The van der Waals surface area contributed by atoms with E-state index in [1.165, 1.54) is 22.5 Å². The molecule has 1 aromatic rings. The lowest BCUT2D eigenvalue weighted by Gasteiger charge is -2.45. The van der Waals surface area contributed by atoms with Gasteiger partial charge in [-0.2, -0.15) is 4.31 Å². The van der Waals surface area contributed by atoms with Gasteiger partial charge in [0.05, 0.1) is 23.8 Å². The van der Waals surface area contributed by atoms with Crippen LogP contribution in [0, 0.1) is 5.82 Å². The van der Waals surface area contributed by atoms with Crippen molar-refractivity contribution in [2.45, 2.75) is 23.5 Å². The molecule has 2 fully saturated rings. The number of sulfonamides is 1. The second-order valence-electron chi connectivity index (χ2n) is 5.70. The molecule has 2 aliphatic rings. The number of hydrogen-bond donors (Lipinski definition) is 0. The molecular weight excluding hydrogens is 331 g/mol. The van der Waals surface area contributed by atoms with Crippen molar-refractivity contribution in [3.63, 3.8) is 0 Å². The minimum absolute atomic E-state index is 0.137. The van der Waals surface area contributed by atoms with Crippen molar-refractivity contribution in [3.05, 3.63) is 29.0 Å². The summed E-state index contributed by atoms with van der Waals surface area (Å²) in [6.07, 6.45) is 0.632. The molecule has 8 heteroatoms. The highest BCUT2D eigenvalue weighted by molar-refractivity contribution is 7.89. The number of ether oxygens (including phenoxy) is 1. The van der Waals surface area contributed by atoms with Crippen LogP contribution >= 0.6 is 11.6 Å². The molecular formula is C14H18ClFN2O3S. The van der Waals surface area contributed by atoms with Gasteiger partial charge in [0.2, 0.25) is 10.0 Å². The summed E-state index contributed by atoms with van der Waals surface area (Å²) in [7, 11) is -2.00. The molecule has 0 N–H and O–H groups in total. The molecule has 2 aliphatic heterocycles. The standard InChI is InChI=1S/C14H18ClFN2O3S/c1-17-6-5-12-11(9-17)18(7-8-21-12)22(19,20)13-4-2-3-10(15)14(13)16/h2-4,11-12H,5-9H2,1H3/t11-,12+/m1/s1. The fourth-order valence-corrected chi connectivity index (χ4v) is 5.05. The van der Waals surface area contributed by atoms with Gasteiger partial charge in [0, 0.05) is 19.6 Å². The first-order valence-electron chi connectivity index (χ1n) is 7.17. The van der Waals surface area contributed by atoms with Crippen LogP contribution in [0.15, 0.2) is 23.1 Å². The van der Waals surface area contributed by atoms with Crippen LogP contribution in [0.2, 0.25) is 5.02 Å². The molecule has 3 rings (SSSR count). The molecule has 0 amide bonds. The second kappa shape index (κ2) is 6.05. The van der Waals surface area contributed by atoms with Gasteiger partial charge in [-0.05, 0) is 25.6 Å². The van der Waals surface area contributed by atoms with E-state index in [-0.39, 0.29) is 28.6 Å². The van der Waals surface area contributed by atoms with Crippen LogP contribution in [0.3, 0.4) is 0 Å². The Morgan fingerprint density at radius 1 is 1.36 bits per heavy atom. The van der Waals surface area contributed by atoms with Gasteiger partial charge in [-0.3, -0.25) is 0 Å². The summed E-state index contributed by atoms with van der Waals surface area (Å²) in [5.74, 6) is -0.892. The monoisotopic (exact) mass is 348 g/mol. The first-order chi connectivity index (χ1) is 10.4. The van der Waals surface area contributed by atoms with Gasteiger partial charge in [-0.25, -0.2) is 12.8 Å². The Balaban J connectivity index is 1.98. The van der Waals surface area contributed by atoms with Crippen LogP contribution in [0.5, 0.6) is 0 Å². The fraction of sp³-hybridized carbons (Fsp3) is 0.571. The number of piperidine rings is 1. The number of likely N-dealkylation sites (N-methyl/N-ethyl adjacent to an activating group) is 1. The smallest absolute Gasteiger partial charge is 0.246 e. The molecule has 122 valence electrons. The number of benzene rings is 1. The number of halogens is 2. The lowest BCUT2D eigenvalue weighted by molar-refractivity contribution is -0.0720. The van der Waals surface area contributed by atoms with Gasteiger partial charge in [-0.1, -0.05) is 17.7 Å². The van der Waals surface area contributed by atoms with Gasteiger partial charge in [-0.15, -0.1) is 0 Å². The molecule has 2 atom stereocenters. The third-order valence-corrected chi connectivity index (χ3v) is 6.47. The zero-order valence-corrected chi connectivity index (χ0v) is 13.8. The Morgan fingerprint density at radius 2 is 2.14 bits per heavy atom. The summed E-state index contributed by atoms with van der Waals surface area (Å²) in [5.41, 5.74) is 0. The molecule has 0 bridgehead atoms. The SMILES string of the molecule is CN1CC[C@@H]2OCCN(S(=O)(=O)c3cccc(Cl)c3F)[C@@H]2C1. The lowest BCUT2D eigenvalue weighted by atomic mass is 10.0. The van der Waals surface area contributed by atoms with Gasteiger partial charge in [0.15, 0.2) is 5.82 Å². The molecule has 5 nitrogen and oxygen atoms in total. The van der Waals surface area contributed by atoms with E-state index < -0.39 is 15.8 Å². The number of hydrogen-bond acceptors (Lipinski definition) is 4. The largest absolute Gasteiger partial charge is 0.375 e. The predicted molar refractivity (Wildman–Crippen MR) is 80.9 cm³/mol. The summed E-state index contributed by atoms with van der Waals surface area (Å²) in [4.78, 5) is 1.70. The average molecular weight is 349 g/mol. The predicted octanol–water partition coefficient (Wildman–Crippen LogP) is 1.57. The fourth-order valence-electron chi connectivity index (χ4n) is 3.11. The highest BCUT2D eigenvalue weighted by atomic mass is 35.5. The third-order valence-electron chi connectivity index (χ3n) is 4.24. The maximum absolute atomic E-state index is 14.2. The molecule has 1 aromatic carbocycles. The van der Waals surface area contributed by atoms with Crippen molar-refractivity contribution in [2.24, 2.45) is 0 Å². The van der Waals surface area contributed by atoms with Gasteiger partial charge >= 0.3 is 0 Å². The number of morpholine rings is 1. The van der Waals surface area contributed by atoms with E-state index in [1.807, 2.05) is 7.05 Å². The van der Waals surface area contributed by atoms with Crippen LogP contribution in [0.25, 0.3) is 0 Å². The molecule has 0 radical (unpaired) electrons. The highest BCUT2D eigenvalue weighted by Crippen LogP contribution is 2.30. The summed E-state index contributed by atoms with van der Waals surface area (Å²) in [6, 6.07) is 3.75. The molecule has 0 aromatic heterocycles. The van der Waals surface area contributed by atoms with Crippen molar-refractivity contribution in [1.29, 1.82) is 0 Å². The number of nitrogens with zero attached hydrogens (tertiary/aromatic N) is 2. The van der Waals surface area contributed by atoms with Crippen LogP contribution in [0.1, 0.15) is 6.42 Å². The maximum Gasteiger partial charge on any atom is 0.246 e. The molecule has 0 saturated carbocycles. The Bertz CT molecular complexity index is 670. The van der Waals surface area contributed by atoms with Crippen LogP contribution in [-0.2, 0) is 14.8 Å². The van der Waals surface area contributed by atoms with E-state index in [9.17, 15) is 12.8 Å². The van der Waals surface area contributed by atoms with Crippen LogP contribution < -0.4 is 0 Å². The number of rotatable bonds is 2. The van der Waals surface area contributed by atoms with E-state index >= 15 is 0 Å². The Hall–Kier alpha value is -0.730. The second-order valence-corrected chi connectivity index (χ2v) is 7.96. The average Bonchev–Trinajstić information content (AvgIpc) is 2.49. The summed E-state index contributed by atoms with van der Waals surface area (Å²) >= 11 is 5.73. The van der Waals surface area contributed by atoms with E-state index in [1.54, 1.807) is 0 Å². The van der Waals surface area contributed by atoms with Crippen molar-refractivity contribution in [3.8, 4) is 0 Å². The molecule has 0 aliphatic carbocycles. The normalized spacial score (nSPS) is 27.6. The zero-order valence-electron chi connectivity index (χ0n) is 12.2. The van der Waals surface area contributed by atoms with Crippen molar-refractivity contribution < 1.29 is 17.5 Å². The van der Waals surface area contributed by atoms with Gasteiger partial charge in [0.25, 0.3) is 0 Å². The van der Waals surface area contributed by atoms with E-state index in [0.29, 0.717) is 13.2 Å². The molecule has 0 spiro atoms. The Labute approximate surface area is 134 Å². The summed E-state index contributed by atoms with van der Waals surface area (Å²) in [6.45, 7) is 1.99. The first kappa shape index (κ1) is 16.1. The highest BCUT2D eigenvalue weighted by Gasteiger charge is 2.43. The molecule has 22 heavy (non-hydrogen) atoms. The van der Waals surface area contributed by atoms with Gasteiger partial charge < -0.3 is 9.64 Å². The maximum atomic E-state index is 14.2. The minimum atomic E-state index is -3.94. The molecule has 2 heterocycles. The van der Waals surface area contributed by atoms with E-state index in [0.717, 1.165) is 13.0 Å². The summed E-state index contributed by atoms with van der Waals surface area (Å²) in [5, 5.41) is -0.188. The van der Waals surface area contributed by atoms with E-state index in [4.69, 9.17) is 16.3 Å². The molecule has 2 saturated heterocycles. The van der Waals surface area contributed by atoms with Crippen LogP contribution in [0.4, 0.5) is 4.39 Å². The minimum Gasteiger partial charge on any atom is -0.375 e. The van der Waals surface area contributed by atoms with Crippen molar-refractivity contribution in [2.75, 3.05) is 33.3 Å². The quantitative estimate of drug-likeness (QED) is 0.814. The molecule has 0 unspecified atom stereocenters. The van der Waals surface area contributed by atoms with Gasteiger partial charge in [0.1, 0.15) is 4.90 Å². The lowest BCUT2D eigenvalue weighted by Crippen LogP contribution is -2.60. The summed E-state index contributed by atoms with van der Waals surface area (Å²) < 4.78 is 47.0. The Morgan fingerprint density at radius 3 is 2.91 bits per heavy atom. The topological polar surface area (TPSA) is 49.9 Å².